The van der Waals surface area contributed by atoms with Crippen molar-refractivity contribution in [2.45, 2.75) is 13.8 Å². The molecule has 19 heavy (non-hydrogen) atoms. The minimum absolute atomic E-state index is 0.0105. The van der Waals surface area contributed by atoms with Crippen molar-refractivity contribution in [3.8, 4) is 11.5 Å². The number of ether oxygens (including phenoxy) is 2. The quantitative estimate of drug-likeness (QED) is 0.659. The van der Waals surface area contributed by atoms with Gasteiger partial charge in [-0.1, -0.05) is 12.1 Å². The van der Waals surface area contributed by atoms with Crippen LogP contribution in [-0.4, -0.2) is 38.8 Å². The van der Waals surface area contributed by atoms with Gasteiger partial charge in [0.1, 0.15) is 6.61 Å². The Hall–Kier alpha value is -1.75. The SMILES string of the molecule is CCOc1ccccc1OCCNCCNC(C)=O. The third-order valence-electron chi connectivity index (χ3n) is 2.36. The Kier molecular flexibility index (Phi) is 7.43. The maximum Gasteiger partial charge on any atom is 0.216 e. The summed E-state index contributed by atoms with van der Waals surface area (Å²) in [4.78, 5) is 10.6. The van der Waals surface area contributed by atoms with Crippen LogP contribution in [0.1, 0.15) is 13.8 Å². The second kappa shape index (κ2) is 9.22. The molecule has 106 valence electrons. The summed E-state index contributed by atoms with van der Waals surface area (Å²) in [5, 5.41) is 5.90. The number of para-hydroxylation sites is 2. The molecular formula is C14H22N2O3. The Morgan fingerprint density at radius 3 is 2.42 bits per heavy atom. The normalized spacial score (nSPS) is 10.0. The smallest absolute Gasteiger partial charge is 0.216 e. The van der Waals surface area contributed by atoms with Gasteiger partial charge < -0.3 is 20.1 Å². The molecule has 1 aromatic carbocycles. The van der Waals surface area contributed by atoms with E-state index in [-0.39, 0.29) is 5.91 Å². The van der Waals surface area contributed by atoms with Crippen molar-refractivity contribution in [3.63, 3.8) is 0 Å². The first kappa shape index (κ1) is 15.3. The molecule has 0 bridgehead atoms. The summed E-state index contributed by atoms with van der Waals surface area (Å²) >= 11 is 0. The Morgan fingerprint density at radius 2 is 1.79 bits per heavy atom. The fourth-order valence-corrected chi connectivity index (χ4v) is 1.53. The van der Waals surface area contributed by atoms with Gasteiger partial charge in [-0.25, -0.2) is 0 Å². The number of benzene rings is 1. The molecule has 1 aromatic rings. The average molecular weight is 266 g/mol. The van der Waals surface area contributed by atoms with Crippen LogP contribution in [0.3, 0.4) is 0 Å². The molecule has 0 atom stereocenters. The molecule has 5 nitrogen and oxygen atoms in total. The highest BCUT2D eigenvalue weighted by atomic mass is 16.5. The van der Waals surface area contributed by atoms with Crippen LogP contribution in [0.15, 0.2) is 24.3 Å². The molecule has 0 aromatic heterocycles. The number of amides is 1. The minimum atomic E-state index is -0.0105. The Bertz CT molecular complexity index is 383. The molecule has 0 radical (unpaired) electrons. The first-order valence-electron chi connectivity index (χ1n) is 6.53. The lowest BCUT2D eigenvalue weighted by Gasteiger charge is -2.12. The van der Waals surface area contributed by atoms with Gasteiger partial charge in [0, 0.05) is 26.6 Å². The number of nitrogens with one attached hydrogen (secondary N) is 2. The Morgan fingerprint density at radius 1 is 1.11 bits per heavy atom. The van der Waals surface area contributed by atoms with Crippen molar-refractivity contribution >= 4 is 5.91 Å². The van der Waals surface area contributed by atoms with Gasteiger partial charge in [-0.15, -0.1) is 0 Å². The van der Waals surface area contributed by atoms with Crippen LogP contribution in [0.25, 0.3) is 0 Å². The van der Waals surface area contributed by atoms with E-state index in [1.807, 2.05) is 31.2 Å². The summed E-state index contributed by atoms with van der Waals surface area (Å²) < 4.78 is 11.1. The van der Waals surface area contributed by atoms with Crippen molar-refractivity contribution < 1.29 is 14.3 Å². The molecule has 0 aliphatic rings. The highest BCUT2D eigenvalue weighted by Crippen LogP contribution is 2.25. The lowest BCUT2D eigenvalue weighted by atomic mass is 10.3. The van der Waals surface area contributed by atoms with Crippen molar-refractivity contribution in [3.05, 3.63) is 24.3 Å². The van der Waals surface area contributed by atoms with Crippen LogP contribution in [0.5, 0.6) is 11.5 Å². The molecule has 0 saturated heterocycles. The molecule has 1 rings (SSSR count). The van der Waals surface area contributed by atoms with E-state index >= 15 is 0 Å². The van der Waals surface area contributed by atoms with E-state index < -0.39 is 0 Å². The maximum absolute atomic E-state index is 10.6. The molecule has 0 heterocycles. The van der Waals surface area contributed by atoms with Gasteiger partial charge in [-0.05, 0) is 19.1 Å². The van der Waals surface area contributed by atoms with E-state index in [0.29, 0.717) is 19.8 Å². The number of carbonyl (C=O) groups excluding carboxylic acids is 1. The topological polar surface area (TPSA) is 59.6 Å². The first-order chi connectivity index (χ1) is 9.24. The minimum Gasteiger partial charge on any atom is -0.490 e. The molecule has 1 amide bonds. The molecular weight excluding hydrogens is 244 g/mol. The molecule has 0 spiro atoms. The van der Waals surface area contributed by atoms with Gasteiger partial charge >= 0.3 is 0 Å². The highest BCUT2D eigenvalue weighted by Gasteiger charge is 2.02. The van der Waals surface area contributed by atoms with Gasteiger partial charge in [0.25, 0.3) is 0 Å². The summed E-state index contributed by atoms with van der Waals surface area (Å²) in [5.74, 6) is 1.51. The fraction of sp³-hybridized carbons (Fsp3) is 0.500. The second-order valence-corrected chi connectivity index (χ2v) is 3.96. The monoisotopic (exact) mass is 266 g/mol. The third kappa shape index (κ3) is 6.67. The van der Waals surface area contributed by atoms with Crippen molar-refractivity contribution in [2.75, 3.05) is 32.8 Å². The molecule has 0 fully saturated rings. The molecule has 0 aliphatic carbocycles. The zero-order valence-corrected chi connectivity index (χ0v) is 11.6. The number of hydrogen-bond donors (Lipinski definition) is 2. The van der Waals surface area contributed by atoms with E-state index in [2.05, 4.69) is 10.6 Å². The molecule has 0 saturated carbocycles. The predicted molar refractivity (Wildman–Crippen MR) is 74.7 cm³/mol. The number of rotatable bonds is 9. The van der Waals surface area contributed by atoms with Crippen LogP contribution in [-0.2, 0) is 4.79 Å². The van der Waals surface area contributed by atoms with Gasteiger partial charge in [-0.3, -0.25) is 4.79 Å². The fourth-order valence-electron chi connectivity index (χ4n) is 1.53. The van der Waals surface area contributed by atoms with E-state index in [9.17, 15) is 4.79 Å². The van der Waals surface area contributed by atoms with E-state index in [1.54, 1.807) is 0 Å². The Labute approximate surface area is 114 Å². The van der Waals surface area contributed by atoms with E-state index in [0.717, 1.165) is 24.6 Å². The van der Waals surface area contributed by atoms with Gasteiger partial charge in [0.2, 0.25) is 5.91 Å². The summed E-state index contributed by atoms with van der Waals surface area (Å²) in [7, 11) is 0. The lowest BCUT2D eigenvalue weighted by Crippen LogP contribution is -2.32. The van der Waals surface area contributed by atoms with E-state index in [4.69, 9.17) is 9.47 Å². The van der Waals surface area contributed by atoms with Crippen LogP contribution < -0.4 is 20.1 Å². The van der Waals surface area contributed by atoms with Crippen LogP contribution in [0.4, 0.5) is 0 Å². The number of hydrogen-bond acceptors (Lipinski definition) is 4. The second-order valence-electron chi connectivity index (χ2n) is 3.96. The third-order valence-corrected chi connectivity index (χ3v) is 2.36. The largest absolute Gasteiger partial charge is 0.490 e. The number of carbonyl (C=O) groups is 1. The summed E-state index contributed by atoms with van der Waals surface area (Å²) in [6.07, 6.45) is 0. The molecule has 5 heteroatoms. The van der Waals surface area contributed by atoms with Crippen LogP contribution >= 0.6 is 0 Å². The standard InChI is InChI=1S/C14H22N2O3/c1-3-18-13-6-4-5-7-14(13)19-11-10-15-8-9-16-12(2)17/h4-7,15H,3,8-11H2,1-2H3,(H,16,17). The first-order valence-corrected chi connectivity index (χ1v) is 6.53. The lowest BCUT2D eigenvalue weighted by molar-refractivity contribution is -0.118. The van der Waals surface area contributed by atoms with Crippen molar-refractivity contribution in [2.24, 2.45) is 0 Å². The molecule has 2 N–H and O–H groups in total. The van der Waals surface area contributed by atoms with Gasteiger partial charge in [0.15, 0.2) is 11.5 Å². The highest BCUT2D eigenvalue weighted by molar-refractivity contribution is 5.72. The summed E-state index contributed by atoms with van der Waals surface area (Å²) in [6.45, 7) is 6.72. The summed E-state index contributed by atoms with van der Waals surface area (Å²) in [5.41, 5.74) is 0. The average Bonchev–Trinajstić information content (AvgIpc) is 2.39. The predicted octanol–water partition coefficient (Wildman–Crippen LogP) is 1.19. The summed E-state index contributed by atoms with van der Waals surface area (Å²) in [6, 6.07) is 7.62. The van der Waals surface area contributed by atoms with E-state index in [1.165, 1.54) is 6.92 Å². The maximum atomic E-state index is 10.6. The van der Waals surface area contributed by atoms with Crippen LogP contribution in [0.2, 0.25) is 0 Å². The Balaban J connectivity index is 2.17. The zero-order valence-electron chi connectivity index (χ0n) is 11.6. The molecule has 0 unspecified atom stereocenters. The molecule has 0 aliphatic heterocycles. The van der Waals surface area contributed by atoms with Crippen LogP contribution in [0, 0.1) is 0 Å². The van der Waals surface area contributed by atoms with Crippen molar-refractivity contribution in [1.82, 2.24) is 10.6 Å². The van der Waals surface area contributed by atoms with Crippen molar-refractivity contribution in [1.29, 1.82) is 0 Å². The van der Waals surface area contributed by atoms with Gasteiger partial charge in [0.05, 0.1) is 6.61 Å². The zero-order chi connectivity index (χ0) is 13.9. The van der Waals surface area contributed by atoms with Gasteiger partial charge in [-0.2, -0.15) is 0 Å².